The van der Waals surface area contributed by atoms with Gasteiger partial charge in [0.15, 0.2) is 11.6 Å². The van der Waals surface area contributed by atoms with Gasteiger partial charge in [-0.1, -0.05) is 18.5 Å². The first kappa shape index (κ1) is 16.7. The highest BCUT2D eigenvalue weighted by Gasteiger charge is 2.50. The predicted molar refractivity (Wildman–Crippen MR) is 106 cm³/mol. The fourth-order valence-electron chi connectivity index (χ4n) is 4.05. The van der Waals surface area contributed by atoms with Crippen LogP contribution in [-0.4, -0.2) is 37.5 Å². The number of thiophene rings is 1. The van der Waals surface area contributed by atoms with Crippen LogP contribution >= 0.6 is 22.9 Å². The van der Waals surface area contributed by atoms with Gasteiger partial charge in [-0.05, 0) is 31.4 Å². The number of rotatable bonds is 3. The summed E-state index contributed by atoms with van der Waals surface area (Å²) < 4.78 is 2.56. The van der Waals surface area contributed by atoms with Gasteiger partial charge in [0.05, 0.1) is 15.4 Å². The average molecular weight is 401 g/mol. The number of fused-ring (bicyclic) bond motifs is 3. The number of hydrogen-bond acceptors (Lipinski definition) is 6. The van der Waals surface area contributed by atoms with E-state index in [-0.39, 0.29) is 5.91 Å². The summed E-state index contributed by atoms with van der Waals surface area (Å²) in [6.07, 6.45) is 7.81. The van der Waals surface area contributed by atoms with E-state index in [0.717, 1.165) is 42.3 Å². The van der Waals surface area contributed by atoms with Gasteiger partial charge in [0.1, 0.15) is 11.2 Å². The molecular weight excluding hydrogens is 384 g/mol. The number of hydrogen-bond donors (Lipinski definition) is 1. The third kappa shape index (κ3) is 2.40. The van der Waals surface area contributed by atoms with Gasteiger partial charge in [0, 0.05) is 18.9 Å². The molecule has 1 amide bonds. The van der Waals surface area contributed by atoms with Crippen LogP contribution in [0, 0.1) is 0 Å². The molecule has 3 aromatic heterocycles. The van der Waals surface area contributed by atoms with E-state index >= 15 is 0 Å². The first-order valence-electron chi connectivity index (χ1n) is 8.88. The first-order valence-corrected chi connectivity index (χ1v) is 10.1. The van der Waals surface area contributed by atoms with Crippen molar-refractivity contribution in [1.29, 1.82) is 0 Å². The van der Waals surface area contributed by atoms with Crippen LogP contribution in [0.25, 0.3) is 16.6 Å². The Balaban J connectivity index is 1.62. The Kier molecular flexibility index (Phi) is 3.73. The number of amides is 1. The Hall–Kier alpha value is -2.45. The summed E-state index contributed by atoms with van der Waals surface area (Å²) in [6, 6.07) is 3.79. The molecule has 1 atom stereocenters. The molecule has 0 aromatic carbocycles. The van der Waals surface area contributed by atoms with E-state index in [2.05, 4.69) is 27.1 Å². The van der Waals surface area contributed by atoms with Crippen LogP contribution in [-0.2, 0) is 4.79 Å². The van der Waals surface area contributed by atoms with Crippen LogP contribution < -0.4 is 10.2 Å². The topological polar surface area (TPSA) is 75.9 Å². The first-order chi connectivity index (χ1) is 13.1. The van der Waals surface area contributed by atoms with Crippen LogP contribution in [0.15, 0.2) is 30.7 Å². The van der Waals surface area contributed by atoms with Crippen molar-refractivity contribution >= 4 is 40.4 Å². The quantitative estimate of drug-likeness (QED) is 0.724. The molecule has 3 aromatic rings. The second kappa shape index (κ2) is 6.03. The zero-order valence-electron chi connectivity index (χ0n) is 14.6. The second-order valence-electron chi connectivity index (χ2n) is 6.73. The summed E-state index contributed by atoms with van der Waals surface area (Å²) in [5, 5.41) is 3.00. The molecule has 9 heteroatoms. The molecule has 27 heavy (non-hydrogen) atoms. The van der Waals surface area contributed by atoms with Crippen LogP contribution in [0.1, 0.15) is 26.2 Å². The van der Waals surface area contributed by atoms with Crippen LogP contribution in [0.3, 0.4) is 0 Å². The number of nitrogens with zero attached hydrogens (tertiary/aromatic N) is 5. The summed E-state index contributed by atoms with van der Waals surface area (Å²) >= 11 is 7.54. The minimum Gasteiger partial charge on any atom is -0.340 e. The highest BCUT2D eigenvalue weighted by molar-refractivity contribution is 7.19. The van der Waals surface area contributed by atoms with Crippen molar-refractivity contribution in [1.82, 2.24) is 19.5 Å². The largest absolute Gasteiger partial charge is 0.340 e. The number of aromatic nitrogens is 4. The lowest BCUT2D eigenvalue weighted by Crippen LogP contribution is -2.56. The Morgan fingerprint density at radius 3 is 3.04 bits per heavy atom. The van der Waals surface area contributed by atoms with Crippen LogP contribution in [0.2, 0.25) is 4.34 Å². The van der Waals surface area contributed by atoms with Crippen LogP contribution in [0.4, 0.5) is 11.5 Å². The third-order valence-electron chi connectivity index (χ3n) is 5.41. The normalized spacial score (nSPS) is 21.1. The standard InChI is InChI=1S/C18H17ClN6OS/c1-2-18-6-3-8-25(18)14-11(22-16(18)26)10-21-17(23-14)24-9-7-20-15(24)12-4-5-13(19)27-12/h4-5,7,9-10H,2-3,6,8H2,1H3,(H,22,26)/t18-/m0/s1. The summed E-state index contributed by atoms with van der Waals surface area (Å²) in [5.74, 6) is 2.10. The van der Waals surface area contributed by atoms with Crippen molar-refractivity contribution in [2.24, 2.45) is 0 Å². The SMILES string of the molecule is CC[C@@]12CCCN1c1nc(-n3ccnc3-c3ccc(Cl)s3)ncc1NC2=O. The molecule has 138 valence electrons. The van der Waals surface area contributed by atoms with E-state index in [1.165, 1.54) is 11.3 Å². The Morgan fingerprint density at radius 2 is 2.26 bits per heavy atom. The summed E-state index contributed by atoms with van der Waals surface area (Å²) in [5.41, 5.74) is 0.160. The van der Waals surface area contributed by atoms with E-state index in [1.807, 2.05) is 22.9 Å². The van der Waals surface area contributed by atoms with Gasteiger partial charge in [0.2, 0.25) is 11.9 Å². The number of imidazole rings is 1. The van der Waals surface area contributed by atoms with Gasteiger partial charge in [-0.2, -0.15) is 4.98 Å². The molecule has 2 aliphatic rings. The smallest absolute Gasteiger partial charge is 0.250 e. The molecule has 0 saturated carbocycles. The highest BCUT2D eigenvalue weighted by atomic mass is 35.5. The molecule has 5 rings (SSSR count). The van der Waals surface area contributed by atoms with E-state index in [4.69, 9.17) is 16.6 Å². The fourth-order valence-corrected chi connectivity index (χ4v) is 5.08. The Bertz CT molecular complexity index is 1050. The van der Waals surface area contributed by atoms with E-state index in [9.17, 15) is 4.79 Å². The van der Waals surface area contributed by atoms with Gasteiger partial charge >= 0.3 is 0 Å². The molecule has 0 radical (unpaired) electrons. The molecule has 0 unspecified atom stereocenters. The zero-order valence-corrected chi connectivity index (χ0v) is 16.2. The Morgan fingerprint density at radius 1 is 1.37 bits per heavy atom. The monoisotopic (exact) mass is 400 g/mol. The number of carbonyl (C=O) groups excluding carboxylic acids is 1. The van der Waals surface area contributed by atoms with Crippen molar-refractivity contribution in [2.45, 2.75) is 31.7 Å². The zero-order chi connectivity index (χ0) is 18.6. The molecule has 2 aliphatic heterocycles. The lowest BCUT2D eigenvalue weighted by Gasteiger charge is -2.41. The molecule has 1 saturated heterocycles. The molecule has 0 bridgehead atoms. The minimum atomic E-state index is -0.502. The van der Waals surface area contributed by atoms with E-state index in [1.54, 1.807) is 12.4 Å². The highest BCUT2D eigenvalue weighted by Crippen LogP contribution is 2.43. The predicted octanol–water partition coefficient (Wildman–Crippen LogP) is 3.75. The van der Waals surface area contributed by atoms with Gasteiger partial charge in [0.25, 0.3) is 0 Å². The number of carbonyl (C=O) groups is 1. The maximum atomic E-state index is 12.7. The molecule has 1 N–H and O–H groups in total. The third-order valence-corrected chi connectivity index (χ3v) is 6.63. The van der Waals surface area contributed by atoms with Gasteiger partial charge in [-0.15, -0.1) is 11.3 Å². The molecule has 0 aliphatic carbocycles. The molecule has 0 spiro atoms. The summed E-state index contributed by atoms with van der Waals surface area (Å²) in [4.78, 5) is 29.5. The molecule has 5 heterocycles. The maximum Gasteiger partial charge on any atom is 0.250 e. The second-order valence-corrected chi connectivity index (χ2v) is 8.44. The average Bonchev–Trinajstić information content (AvgIpc) is 3.40. The molecular formula is C18H17ClN6OS. The Labute approximate surface area is 165 Å². The van der Waals surface area contributed by atoms with Crippen molar-refractivity contribution in [2.75, 3.05) is 16.8 Å². The van der Waals surface area contributed by atoms with E-state index < -0.39 is 5.54 Å². The van der Waals surface area contributed by atoms with Crippen molar-refractivity contribution in [3.8, 4) is 16.6 Å². The fraction of sp³-hybridized carbons (Fsp3) is 0.333. The van der Waals surface area contributed by atoms with Gasteiger partial charge < -0.3 is 10.2 Å². The van der Waals surface area contributed by atoms with E-state index in [0.29, 0.717) is 16.0 Å². The van der Waals surface area contributed by atoms with Crippen molar-refractivity contribution in [3.05, 3.63) is 35.1 Å². The maximum absolute atomic E-state index is 12.7. The van der Waals surface area contributed by atoms with Crippen molar-refractivity contribution < 1.29 is 4.79 Å². The number of halogens is 1. The summed E-state index contributed by atoms with van der Waals surface area (Å²) in [7, 11) is 0. The molecule has 7 nitrogen and oxygen atoms in total. The lowest BCUT2D eigenvalue weighted by atomic mass is 9.90. The lowest BCUT2D eigenvalue weighted by molar-refractivity contribution is -0.121. The summed E-state index contributed by atoms with van der Waals surface area (Å²) in [6.45, 7) is 2.88. The number of anilines is 2. The molecule has 1 fully saturated rings. The van der Waals surface area contributed by atoms with Gasteiger partial charge in [-0.3, -0.25) is 9.36 Å². The van der Waals surface area contributed by atoms with Crippen molar-refractivity contribution in [3.63, 3.8) is 0 Å². The van der Waals surface area contributed by atoms with Gasteiger partial charge in [-0.25, -0.2) is 9.97 Å². The van der Waals surface area contributed by atoms with Crippen LogP contribution in [0.5, 0.6) is 0 Å². The number of nitrogens with one attached hydrogen (secondary N) is 1. The minimum absolute atomic E-state index is 0.0443.